The number of hydrogen-bond donors (Lipinski definition) is 0. The summed E-state index contributed by atoms with van der Waals surface area (Å²) in [7, 11) is 2.09. The van der Waals surface area contributed by atoms with Gasteiger partial charge < -0.3 is 9.47 Å². The molecule has 29 heavy (non-hydrogen) atoms. The molecule has 7 heteroatoms. The summed E-state index contributed by atoms with van der Waals surface area (Å²) in [6.07, 6.45) is 5.49. The molecule has 1 unspecified atom stereocenters. The number of amides is 1. The first-order valence-electron chi connectivity index (χ1n) is 10.8. The number of carbonyl (C=O) groups is 1. The van der Waals surface area contributed by atoms with E-state index in [1.165, 1.54) is 6.07 Å². The number of carbonyl (C=O) groups excluding carboxylic acids is 1. The van der Waals surface area contributed by atoms with Crippen molar-refractivity contribution in [2.24, 2.45) is 0 Å². The Morgan fingerprint density at radius 1 is 1.14 bits per heavy atom. The summed E-state index contributed by atoms with van der Waals surface area (Å²) in [5, 5.41) is 8.93. The summed E-state index contributed by atoms with van der Waals surface area (Å²) in [5.74, 6) is 1.78. The molecule has 1 saturated carbocycles. The SMILES string of the molecule is CN1CCn2c(nnc2C2CCCN2C(=O)C2(c3cccc(F)c3)CCCC2)C1. The Balaban J connectivity index is 1.49. The third-order valence-electron chi connectivity index (χ3n) is 7.03. The summed E-state index contributed by atoms with van der Waals surface area (Å²) in [6, 6.07) is 6.63. The van der Waals surface area contributed by atoms with Crippen LogP contribution in [-0.2, 0) is 23.3 Å². The van der Waals surface area contributed by atoms with Crippen molar-refractivity contribution in [2.45, 2.75) is 63.1 Å². The highest BCUT2D eigenvalue weighted by molar-refractivity contribution is 5.89. The number of halogens is 1. The normalized spacial score (nSPS) is 24.1. The summed E-state index contributed by atoms with van der Waals surface area (Å²) in [4.78, 5) is 18.2. The minimum absolute atomic E-state index is 0.0295. The van der Waals surface area contributed by atoms with E-state index in [1.807, 2.05) is 11.0 Å². The zero-order valence-corrected chi connectivity index (χ0v) is 17.0. The lowest BCUT2D eigenvalue weighted by atomic mass is 9.77. The Hall–Kier alpha value is -2.28. The predicted molar refractivity (Wildman–Crippen MR) is 107 cm³/mol. The fourth-order valence-corrected chi connectivity index (χ4v) is 5.49. The van der Waals surface area contributed by atoms with Gasteiger partial charge in [0.2, 0.25) is 5.91 Å². The van der Waals surface area contributed by atoms with E-state index in [1.54, 1.807) is 12.1 Å². The van der Waals surface area contributed by atoms with Gasteiger partial charge in [0, 0.05) is 19.6 Å². The Kier molecular flexibility index (Phi) is 4.65. The van der Waals surface area contributed by atoms with Crippen LogP contribution < -0.4 is 0 Å². The second-order valence-corrected chi connectivity index (χ2v) is 8.82. The van der Waals surface area contributed by atoms with E-state index in [-0.39, 0.29) is 17.8 Å². The summed E-state index contributed by atoms with van der Waals surface area (Å²) in [5.41, 5.74) is 0.228. The number of aromatic nitrogens is 3. The van der Waals surface area contributed by atoms with E-state index < -0.39 is 5.41 Å². The first-order chi connectivity index (χ1) is 14.1. The van der Waals surface area contributed by atoms with Gasteiger partial charge >= 0.3 is 0 Å². The molecule has 1 saturated heterocycles. The van der Waals surface area contributed by atoms with Crippen molar-refractivity contribution < 1.29 is 9.18 Å². The van der Waals surface area contributed by atoms with Gasteiger partial charge in [0.25, 0.3) is 0 Å². The monoisotopic (exact) mass is 397 g/mol. The molecule has 3 aliphatic rings. The van der Waals surface area contributed by atoms with E-state index in [2.05, 4.69) is 26.7 Å². The first-order valence-corrected chi connectivity index (χ1v) is 10.8. The largest absolute Gasteiger partial charge is 0.332 e. The van der Waals surface area contributed by atoms with Crippen LogP contribution in [0.5, 0.6) is 0 Å². The van der Waals surface area contributed by atoms with E-state index in [9.17, 15) is 9.18 Å². The van der Waals surface area contributed by atoms with Crippen molar-refractivity contribution in [1.29, 1.82) is 0 Å². The highest BCUT2D eigenvalue weighted by atomic mass is 19.1. The van der Waals surface area contributed by atoms with Gasteiger partial charge in [-0.3, -0.25) is 9.69 Å². The molecule has 1 atom stereocenters. The standard InChI is InChI=1S/C22H28FN5O/c1-26-12-13-28-19(15-26)24-25-20(28)18-8-5-11-27(18)21(29)22(9-2-3-10-22)16-6-4-7-17(23)14-16/h4,6-7,14,18H,2-3,5,8-13,15H2,1H3. The third-order valence-corrected chi connectivity index (χ3v) is 7.03. The average Bonchev–Trinajstić information content (AvgIpc) is 3.46. The van der Waals surface area contributed by atoms with Gasteiger partial charge in [-0.1, -0.05) is 25.0 Å². The molecule has 3 heterocycles. The molecule has 1 amide bonds. The molecule has 0 N–H and O–H groups in total. The summed E-state index contributed by atoms with van der Waals surface area (Å²) >= 11 is 0. The van der Waals surface area contributed by atoms with E-state index in [4.69, 9.17) is 0 Å². The Morgan fingerprint density at radius 3 is 2.76 bits per heavy atom. The van der Waals surface area contributed by atoms with E-state index in [0.717, 1.165) is 81.9 Å². The molecule has 2 aromatic rings. The number of likely N-dealkylation sites (tertiary alicyclic amines) is 1. The minimum Gasteiger partial charge on any atom is -0.332 e. The lowest BCUT2D eigenvalue weighted by Crippen LogP contribution is -2.46. The second-order valence-electron chi connectivity index (χ2n) is 8.82. The Morgan fingerprint density at radius 2 is 1.97 bits per heavy atom. The highest BCUT2D eigenvalue weighted by Gasteiger charge is 2.48. The quantitative estimate of drug-likeness (QED) is 0.799. The fourth-order valence-electron chi connectivity index (χ4n) is 5.49. The van der Waals surface area contributed by atoms with Crippen LogP contribution in [0.2, 0.25) is 0 Å². The van der Waals surface area contributed by atoms with Crippen LogP contribution in [0.15, 0.2) is 24.3 Å². The summed E-state index contributed by atoms with van der Waals surface area (Å²) in [6.45, 7) is 3.36. The summed E-state index contributed by atoms with van der Waals surface area (Å²) < 4.78 is 16.2. The molecule has 0 bridgehead atoms. The molecular formula is C22H28FN5O. The van der Waals surface area contributed by atoms with Crippen molar-refractivity contribution in [3.8, 4) is 0 Å². The number of likely N-dealkylation sites (N-methyl/N-ethyl adjacent to an activating group) is 1. The number of rotatable bonds is 3. The molecule has 6 nitrogen and oxygen atoms in total. The van der Waals surface area contributed by atoms with Crippen LogP contribution in [0.25, 0.3) is 0 Å². The van der Waals surface area contributed by atoms with Crippen molar-refractivity contribution >= 4 is 5.91 Å². The van der Waals surface area contributed by atoms with Crippen LogP contribution >= 0.6 is 0 Å². The Bertz CT molecular complexity index is 920. The zero-order valence-electron chi connectivity index (χ0n) is 17.0. The lowest BCUT2D eigenvalue weighted by molar-refractivity contribution is -0.138. The third kappa shape index (κ3) is 3.06. The molecule has 1 aromatic heterocycles. The van der Waals surface area contributed by atoms with Crippen LogP contribution in [0, 0.1) is 5.82 Å². The van der Waals surface area contributed by atoms with Crippen molar-refractivity contribution in [2.75, 3.05) is 20.1 Å². The van der Waals surface area contributed by atoms with Gasteiger partial charge in [-0.2, -0.15) is 0 Å². The van der Waals surface area contributed by atoms with Gasteiger partial charge in [0.15, 0.2) is 5.82 Å². The smallest absolute Gasteiger partial charge is 0.233 e. The maximum Gasteiger partial charge on any atom is 0.233 e. The topological polar surface area (TPSA) is 54.3 Å². The number of nitrogens with zero attached hydrogens (tertiary/aromatic N) is 5. The number of fused-ring (bicyclic) bond motifs is 1. The molecular weight excluding hydrogens is 369 g/mol. The molecule has 0 spiro atoms. The molecule has 1 aromatic carbocycles. The van der Waals surface area contributed by atoms with E-state index in [0.29, 0.717) is 0 Å². The van der Waals surface area contributed by atoms with Gasteiger partial charge in [-0.25, -0.2) is 4.39 Å². The molecule has 0 radical (unpaired) electrons. The number of hydrogen-bond acceptors (Lipinski definition) is 4. The molecule has 1 aliphatic carbocycles. The van der Waals surface area contributed by atoms with Crippen LogP contribution in [-0.4, -0.2) is 50.6 Å². The minimum atomic E-state index is -0.602. The van der Waals surface area contributed by atoms with Crippen molar-refractivity contribution in [3.05, 3.63) is 47.3 Å². The highest BCUT2D eigenvalue weighted by Crippen LogP contribution is 2.45. The average molecular weight is 397 g/mol. The van der Waals surface area contributed by atoms with Crippen LogP contribution in [0.4, 0.5) is 4.39 Å². The zero-order chi connectivity index (χ0) is 20.0. The van der Waals surface area contributed by atoms with Gasteiger partial charge in [0.1, 0.15) is 11.6 Å². The van der Waals surface area contributed by atoms with E-state index >= 15 is 0 Å². The van der Waals surface area contributed by atoms with Gasteiger partial charge in [-0.05, 0) is 50.4 Å². The van der Waals surface area contributed by atoms with Crippen LogP contribution in [0.1, 0.15) is 61.8 Å². The van der Waals surface area contributed by atoms with Crippen molar-refractivity contribution in [3.63, 3.8) is 0 Å². The van der Waals surface area contributed by atoms with Crippen molar-refractivity contribution in [1.82, 2.24) is 24.6 Å². The van der Waals surface area contributed by atoms with Gasteiger partial charge in [0.05, 0.1) is 18.0 Å². The second kappa shape index (κ2) is 7.20. The number of benzene rings is 1. The molecule has 154 valence electrons. The maximum atomic E-state index is 14.0. The fraction of sp³-hybridized carbons (Fsp3) is 0.591. The first kappa shape index (κ1) is 18.7. The lowest BCUT2D eigenvalue weighted by Gasteiger charge is -2.36. The molecule has 5 rings (SSSR count). The predicted octanol–water partition coefficient (Wildman–Crippen LogP) is 3.04. The van der Waals surface area contributed by atoms with Crippen LogP contribution in [0.3, 0.4) is 0 Å². The maximum absolute atomic E-state index is 14.0. The Labute approximate surface area is 170 Å². The molecule has 2 fully saturated rings. The van der Waals surface area contributed by atoms with Gasteiger partial charge in [-0.15, -0.1) is 10.2 Å². The molecule has 2 aliphatic heterocycles.